The molecule has 9 nitrogen and oxygen atoms in total. The molecule has 0 aliphatic heterocycles. The van der Waals surface area contributed by atoms with Crippen LogP contribution in [0.3, 0.4) is 0 Å². The fraction of sp³-hybridized carbons (Fsp3) is 0.940. The number of hydrogen-bond acceptors (Lipinski definition) is 7. The number of quaternary nitrogens is 1. The first-order valence-corrected chi connectivity index (χ1v) is 35.5. The molecule has 0 rings (SSSR count). The number of carbonyl (C=O) groups excluding carboxylic acids is 2. The van der Waals surface area contributed by atoms with Gasteiger partial charge in [0.1, 0.15) is 19.3 Å². The van der Waals surface area contributed by atoms with Crippen LogP contribution in [0, 0.1) is 0 Å². The lowest BCUT2D eigenvalue weighted by molar-refractivity contribution is -0.870. The van der Waals surface area contributed by atoms with Gasteiger partial charge in [0.05, 0.1) is 33.8 Å². The van der Waals surface area contributed by atoms with Crippen LogP contribution < -0.4 is 10.2 Å². The number of nitrogens with zero attached hydrogens (tertiary/aromatic N) is 1. The van der Waals surface area contributed by atoms with Gasteiger partial charge in [-0.1, -0.05) is 322 Å². The number of phosphoric ester groups is 1. The van der Waals surface area contributed by atoms with Crippen molar-refractivity contribution in [3.63, 3.8) is 0 Å². The van der Waals surface area contributed by atoms with Gasteiger partial charge in [0, 0.05) is 12.8 Å². The second-order valence-corrected chi connectivity index (χ2v) is 26.1. The van der Waals surface area contributed by atoms with Crippen molar-refractivity contribution in [3.8, 4) is 0 Å². The summed E-state index contributed by atoms with van der Waals surface area (Å²) in [6, 6.07) is -0.879. The van der Waals surface area contributed by atoms with Crippen molar-refractivity contribution in [3.05, 3.63) is 12.2 Å². The number of esters is 1. The summed E-state index contributed by atoms with van der Waals surface area (Å²) in [5.41, 5.74) is 0. The standard InChI is InChI=1S/C67H133N2O7P/c1-7-10-13-16-19-22-25-27-29-31-32-33-34-35-36-38-40-42-45-48-51-54-57-60-67(71)76-65(58-55-52-49-46-43-24-21-18-15-12-9-3)64(63-75-77(72,73)74-62-61-69(4,5)6)68-66(70)59-56-53-50-47-44-41-39-37-30-28-26-23-20-17-14-11-8-2/h55,58,64-65H,7-54,56-57,59-63H2,1-6H3,(H-,68,70,72,73)/b58-55-. The van der Waals surface area contributed by atoms with Crippen molar-refractivity contribution < 1.29 is 37.3 Å². The van der Waals surface area contributed by atoms with Crippen molar-refractivity contribution in [2.75, 3.05) is 40.9 Å². The Labute approximate surface area is 480 Å². The monoisotopic (exact) mass is 1110 g/mol. The Morgan fingerprint density at radius 1 is 0.442 bits per heavy atom. The van der Waals surface area contributed by atoms with Gasteiger partial charge >= 0.3 is 5.97 Å². The van der Waals surface area contributed by atoms with Crippen LogP contribution in [0.2, 0.25) is 0 Å². The first-order chi connectivity index (χ1) is 37.4. The number of ether oxygens (including phenoxy) is 1. The third kappa shape index (κ3) is 59.2. The van der Waals surface area contributed by atoms with Gasteiger partial charge in [0.2, 0.25) is 5.91 Å². The second-order valence-electron chi connectivity index (χ2n) is 24.7. The highest BCUT2D eigenvalue weighted by molar-refractivity contribution is 7.45. The van der Waals surface area contributed by atoms with Crippen LogP contribution in [-0.4, -0.2) is 69.4 Å². The maximum atomic E-state index is 13.5. The minimum absolute atomic E-state index is 0.0166. The molecule has 0 aliphatic rings. The molecule has 0 spiro atoms. The molecule has 10 heteroatoms. The predicted octanol–water partition coefficient (Wildman–Crippen LogP) is 20.5. The molecule has 3 unspecified atom stereocenters. The summed E-state index contributed by atoms with van der Waals surface area (Å²) < 4.78 is 30.4. The van der Waals surface area contributed by atoms with Crippen LogP contribution >= 0.6 is 7.82 Å². The molecular formula is C67H133N2O7P. The summed E-state index contributed by atoms with van der Waals surface area (Å²) in [7, 11) is 1.21. The van der Waals surface area contributed by atoms with Crippen molar-refractivity contribution in [1.82, 2.24) is 5.32 Å². The quantitative estimate of drug-likeness (QED) is 0.0212. The number of phosphoric acid groups is 1. The third-order valence-corrected chi connectivity index (χ3v) is 16.7. The maximum Gasteiger partial charge on any atom is 0.306 e. The van der Waals surface area contributed by atoms with Crippen LogP contribution in [0.1, 0.15) is 355 Å². The van der Waals surface area contributed by atoms with Crippen LogP contribution in [0.5, 0.6) is 0 Å². The highest BCUT2D eigenvalue weighted by Gasteiger charge is 2.27. The summed E-state index contributed by atoms with van der Waals surface area (Å²) in [6.07, 6.45) is 67.6. The smallest absolute Gasteiger partial charge is 0.306 e. The van der Waals surface area contributed by atoms with E-state index < -0.39 is 20.0 Å². The summed E-state index contributed by atoms with van der Waals surface area (Å²) in [6.45, 7) is 6.91. The number of unbranched alkanes of at least 4 members (excludes halogenated alkanes) is 47. The van der Waals surface area contributed by atoms with E-state index in [1.807, 2.05) is 33.3 Å². The van der Waals surface area contributed by atoms with Crippen molar-refractivity contribution in [2.45, 2.75) is 367 Å². The van der Waals surface area contributed by atoms with E-state index in [1.54, 1.807) is 0 Å². The Kier molecular flexibility index (Phi) is 57.0. The van der Waals surface area contributed by atoms with E-state index in [0.29, 0.717) is 17.4 Å². The van der Waals surface area contributed by atoms with Crippen LogP contribution in [0.4, 0.5) is 0 Å². The van der Waals surface area contributed by atoms with Gasteiger partial charge in [0.25, 0.3) is 7.82 Å². The fourth-order valence-electron chi connectivity index (χ4n) is 10.5. The summed E-state index contributed by atoms with van der Waals surface area (Å²) >= 11 is 0. The Morgan fingerprint density at radius 3 is 1.06 bits per heavy atom. The number of likely N-dealkylation sites (N-methyl/N-ethyl adjacent to an activating group) is 1. The van der Waals surface area contributed by atoms with E-state index in [1.165, 1.54) is 263 Å². The van der Waals surface area contributed by atoms with Gasteiger partial charge in [-0.25, -0.2) is 0 Å². The molecule has 0 aromatic carbocycles. The molecule has 1 amide bonds. The first-order valence-electron chi connectivity index (χ1n) is 34.0. The van der Waals surface area contributed by atoms with Gasteiger partial charge in [-0.15, -0.1) is 0 Å². The lowest BCUT2D eigenvalue weighted by Crippen LogP contribution is -2.47. The number of rotatable bonds is 63. The minimum Gasteiger partial charge on any atom is -0.756 e. The molecule has 3 atom stereocenters. The zero-order valence-corrected chi connectivity index (χ0v) is 53.3. The highest BCUT2D eigenvalue weighted by atomic mass is 31.2. The Balaban J connectivity index is 5.03. The Hall–Kier alpha value is -1.25. The van der Waals surface area contributed by atoms with E-state index in [0.717, 1.165) is 57.8 Å². The van der Waals surface area contributed by atoms with E-state index in [-0.39, 0.29) is 31.5 Å². The van der Waals surface area contributed by atoms with Gasteiger partial charge < -0.3 is 28.5 Å². The van der Waals surface area contributed by atoms with Crippen molar-refractivity contribution >= 4 is 19.7 Å². The molecule has 0 saturated carbocycles. The van der Waals surface area contributed by atoms with Crippen LogP contribution in [0.15, 0.2) is 12.2 Å². The average Bonchev–Trinajstić information content (AvgIpc) is 3.39. The lowest BCUT2D eigenvalue weighted by Gasteiger charge is -2.30. The molecule has 0 aromatic heterocycles. The number of allylic oxidation sites excluding steroid dienone is 1. The van der Waals surface area contributed by atoms with E-state index in [4.69, 9.17) is 13.8 Å². The average molecular weight is 1110 g/mol. The molecular weight excluding hydrogens is 976 g/mol. The van der Waals surface area contributed by atoms with Gasteiger partial charge in [-0.3, -0.25) is 14.2 Å². The molecule has 0 heterocycles. The summed E-state index contributed by atoms with van der Waals surface area (Å²) in [4.78, 5) is 40.0. The number of carbonyl (C=O) groups is 2. The topological polar surface area (TPSA) is 114 Å². The number of hydrogen-bond donors (Lipinski definition) is 1. The van der Waals surface area contributed by atoms with E-state index in [9.17, 15) is 19.0 Å². The summed E-state index contributed by atoms with van der Waals surface area (Å²) in [5, 5.41) is 3.04. The summed E-state index contributed by atoms with van der Waals surface area (Å²) in [5.74, 6) is -0.516. The molecule has 0 fully saturated rings. The molecule has 0 aliphatic carbocycles. The molecule has 0 bridgehead atoms. The molecule has 0 saturated heterocycles. The maximum absolute atomic E-state index is 13.5. The largest absolute Gasteiger partial charge is 0.756 e. The molecule has 77 heavy (non-hydrogen) atoms. The lowest BCUT2D eigenvalue weighted by atomic mass is 10.0. The molecule has 1 N–H and O–H groups in total. The van der Waals surface area contributed by atoms with E-state index in [2.05, 4.69) is 26.1 Å². The number of nitrogens with one attached hydrogen (secondary N) is 1. The van der Waals surface area contributed by atoms with Gasteiger partial charge in [0.15, 0.2) is 0 Å². The van der Waals surface area contributed by atoms with Crippen molar-refractivity contribution in [2.24, 2.45) is 0 Å². The fourth-order valence-corrected chi connectivity index (χ4v) is 11.2. The predicted molar refractivity (Wildman–Crippen MR) is 330 cm³/mol. The van der Waals surface area contributed by atoms with Crippen LogP contribution in [-0.2, 0) is 27.9 Å². The van der Waals surface area contributed by atoms with Crippen LogP contribution in [0.25, 0.3) is 0 Å². The second kappa shape index (κ2) is 58.0. The normalized spacial score (nSPS) is 13.6. The zero-order chi connectivity index (χ0) is 56.4. The first kappa shape index (κ1) is 75.8. The van der Waals surface area contributed by atoms with Gasteiger partial charge in [-0.2, -0.15) is 0 Å². The number of amides is 1. The minimum atomic E-state index is -4.69. The third-order valence-electron chi connectivity index (χ3n) is 15.7. The SMILES string of the molecule is CCCCCCCCCCC/C=C\C(OC(=O)CCCCCCCCCCCCCCCCCCCCCCCCC)C(COP(=O)([O-])OCC[N+](C)(C)C)NC(=O)CCCCCCCCCCCCCCCCCCC. The molecule has 0 aromatic rings. The molecule has 0 radical (unpaired) electrons. The highest BCUT2D eigenvalue weighted by Crippen LogP contribution is 2.38. The molecule has 458 valence electrons. The Morgan fingerprint density at radius 2 is 0.740 bits per heavy atom. The van der Waals surface area contributed by atoms with E-state index >= 15 is 0 Å². The van der Waals surface area contributed by atoms with Crippen molar-refractivity contribution in [1.29, 1.82) is 0 Å². The Bertz CT molecular complexity index is 1320. The zero-order valence-electron chi connectivity index (χ0n) is 52.5. The van der Waals surface area contributed by atoms with Gasteiger partial charge in [-0.05, 0) is 31.8 Å².